The molecule has 0 aliphatic carbocycles. The van der Waals surface area contributed by atoms with Gasteiger partial charge >= 0.3 is 0 Å². The summed E-state index contributed by atoms with van der Waals surface area (Å²) in [6, 6.07) is 1.61. The Kier molecular flexibility index (Phi) is 5.00. The third kappa shape index (κ3) is 3.74. The average Bonchev–Trinajstić information content (AvgIpc) is 2.97. The number of H-pyrrole nitrogens is 1. The lowest BCUT2D eigenvalue weighted by Crippen LogP contribution is -2.31. The Morgan fingerprint density at radius 3 is 3.04 bits per heavy atom. The quantitative estimate of drug-likeness (QED) is 0.611. The van der Waals surface area contributed by atoms with Crippen molar-refractivity contribution in [1.29, 1.82) is 0 Å². The van der Waals surface area contributed by atoms with Crippen LogP contribution in [0.2, 0.25) is 10.0 Å². The number of pyridine rings is 1. The molecule has 23 heavy (non-hydrogen) atoms. The van der Waals surface area contributed by atoms with Gasteiger partial charge in [-0.05, 0) is 6.07 Å². The Morgan fingerprint density at radius 1 is 1.35 bits per heavy atom. The molecule has 3 heterocycles. The summed E-state index contributed by atoms with van der Waals surface area (Å²) in [5, 5.41) is 17.1. The van der Waals surface area contributed by atoms with Gasteiger partial charge in [0.25, 0.3) is 5.91 Å². The van der Waals surface area contributed by atoms with Crippen molar-refractivity contribution in [2.45, 2.75) is 13.0 Å². The molecule has 0 saturated heterocycles. The van der Waals surface area contributed by atoms with Gasteiger partial charge in [-0.3, -0.25) is 9.89 Å². The second kappa shape index (κ2) is 7.16. The van der Waals surface area contributed by atoms with Crippen molar-refractivity contribution in [3.63, 3.8) is 0 Å². The SMILES string of the molecule is O=C(NCCNc1ncc(Cl)cc1Cl)c1n[nH]c2c1CNCC2. The number of rotatable bonds is 5. The summed E-state index contributed by atoms with van der Waals surface area (Å²) in [5.74, 6) is 0.342. The molecule has 0 atom stereocenters. The molecule has 2 aromatic rings. The molecule has 0 bridgehead atoms. The number of anilines is 1. The zero-order valence-corrected chi connectivity index (χ0v) is 13.8. The van der Waals surface area contributed by atoms with E-state index in [2.05, 4.69) is 31.1 Å². The number of aromatic nitrogens is 3. The fourth-order valence-corrected chi connectivity index (χ4v) is 2.85. The van der Waals surface area contributed by atoms with Gasteiger partial charge in [0.15, 0.2) is 5.69 Å². The molecule has 0 fully saturated rings. The zero-order valence-electron chi connectivity index (χ0n) is 12.2. The van der Waals surface area contributed by atoms with Gasteiger partial charge < -0.3 is 16.0 Å². The largest absolute Gasteiger partial charge is 0.367 e. The first-order valence-corrected chi connectivity index (χ1v) is 8.00. The smallest absolute Gasteiger partial charge is 0.272 e. The van der Waals surface area contributed by atoms with E-state index in [4.69, 9.17) is 23.2 Å². The predicted octanol–water partition coefficient (Wildman–Crippen LogP) is 1.60. The highest BCUT2D eigenvalue weighted by Crippen LogP contribution is 2.22. The van der Waals surface area contributed by atoms with E-state index in [1.165, 1.54) is 6.20 Å². The number of halogens is 2. The van der Waals surface area contributed by atoms with Crippen LogP contribution < -0.4 is 16.0 Å². The average molecular weight is 355 g/mol. The van der Waals surface area contributed by atoms with Crippen LogP contribution in [0, 0.1) is 0 Å². The molecular formula is C14H16Cl2N6O. The van der Waals surface area contributed by atoms with Crippen LogP contribution in [0.15, 0.2) is 12.3 Å². The van der Waals surface area contributed by atoms with E-state index < -0.39 is 0 Å². The molecule has 9 heteroatoms. The third-order valence-electron chi connectivity index (χ3n) is 3.53. The number of hydrogen-bond acceptors (Lipinski definition) is 5. The molecule has 0 radical (unpaired) electrons. The first kappa shape index (κ1) is 16.0. The maximum absolute atomic E-state index is 12.2. The minimum Gasteiger partial charge on any atom is -0.367 e. The molecule has 1 aliphatic heterocycles. The van der Waals surface area contributed by atoms with E-state index >= 15 is 0 Å². The molecular weight excluding hydrogens is 339 g/mol. The van der Waals surface area contributed by atoms with Gasteiger partial charge in [-0.1, -0.05) is 23.2 Å². The van der Waals surface area contributed by atoms with Gasteiger partial charge in [0, 0.05) is 50.1 Å². The fourth-order valence-electron chi connectivity index (χ4n) is 2.40. The maximum atomic E-state index is 12.2. The number of fused-ring (bicyclic) bond motifs is 1. The van der Waals surface area contributed by atoms with Gasteiger partial charge in [-0.25, -0.2) is 4.98 Å². The van der Waals surface area contributed by atoms with Crippen LogP contribution in [0.3, 0.4) is 0 Å². The summed E-state index contributed by atoms with van der Waals surface area (Å²) in [5.41, 5.74) is 2.43. The third-order valence-corrected chi connectivity index (χ3v) is 4.03. The highest BCUT2D eigenvalue weighted by molar-refractivity contribution is 6.35. The van der Waals surface area contributed by atoms with E-state index in [0.717, 1.165) is 24.2 Å². The lowest BCUT2D eigenvalue weighted by Gasteiger charge is -2.13. The summed E-state index contributed by atoms with van der Waals surface area (Å²) in [4.78, 5) is 16.3. The number of carbonyl (C=O) groups is 1. The summed E-state index contributed by atoms with van der Waals surface area (Å²) >= 11 is 11.8. The predicted molar refractivity (Wildman–Crippen MR) is 89.1 cm³/mol. The Bertz CT molecular complexity index is 717. The number of nitrogens with zero attached hydrogens (tertiary/aromatic N) is 2. The monoisotopic (exact) mass is 354 g/mol. The minimum absolute atomic E-state index is 0.192. The Morgan fingerprint density at radius 2 is 2.22 bits per heavy atom. The van der Waals surface area contributed by atoms with Gasteiger partial charge in [-0.15, -0.1) is 0 Å². The van der Waals surface area contributed by atoms with Crippen LogP contribution in [0.25, 0.3) is 0 Å². The molecule has 0 unspecified atom stereocenters. The van der Waals surface area contributed by atoms with Gasteiger partial charge in [0.05, 0.1) is 10.0 Å². The number of hydrogen-bond donors (Lipinski definition) is 4. The normalized spacial score (nSPS) is 13.5. The summed E-state index contributed by atoms with van der Waals surface area (Å²) < 4.78 is 0. The second-order valence-corrected chi connectivity index (χ2v) is 5.97. The van der Waals surface area contributed by atoms with Crippen LogP contribution in [-0.4, -0.2) is 40.7 Å². The Labute approximate surface area is 143 Å². The van der Waals surface area contributed by atoms with Crippen molar-refractivity contribution in [3.8, 4) is 0 Å². The van der Waals surface area contributed by atoms with E-state index in [1.54, 1.807) is 6.07 Å². The maximum Gasteiger partial charge on any atom is 0.272 e. The molecule has 0 saturated carbocycles. The number of nitrogens with one attached hydrogen (secondary N) is 4. The topological polar surface area (TPSA) is 94.7 Å². The number of amides is 1. The van der Waals surface area contributed by atoms with E-state index in [0.29, 0.717) is 41.2 Å². The highest BCUT2D eigenvalue weighted by Gasteiger charge is 2.21. The first-order valence-electron chi connectivity index (χ1n) is 7.25. The van der Waals surface area contributed by atoms with Gasteiger partial charge in [0.2, 0.25) is 0 Å². The summed E-state index contributed by atoms with van der Waals surface area (Å²) in [7, 11) is 0. The van der Waals surface area contributed by atoms with Crippen molar-refractivity contribution in [2.75, 3.05) is 25.0 Å². The van der Waals surface area contributed by atoms with Crippen LogP contribution in [0.4, 0.5) is 5.82 Å². The molecule has 0 aromatic carbocycles. The molecule has 1 amide bonds. The molecule has 0 spiro atoms. The van der Waals surface area contributed by atoms with Crippen LogP contribution in [0.5, 0.6) is 0 Å². The highest BCUT2D eigenvalue weighted by atomic mass is 35.5. The summed E-state index contributed by atoms with van der Waals surface area (Å²) in [6.45, 7) is 2.48. The molecule has 2 aromatic heterocycles. The molecule has 1 aliphatic rings. The van der Waals surface area contributed by atoms with Crippen molar-refractivity contribution in [1.82, 2.24) is 25.8 Å². The van der Waals surface area contributed by atoms with Crippen LogP contribution >= 0.6 is 23.2 Å². The van der Waals surface area contributed by atoms with Crippen LogP contribution in [-0.2, 0) is 13.0 Å². The lowest BCUT2D eigenvalue weighted by molar-refractivity contribution is 0.0949. The summed E-state index contributed by atoms with van der Waals surface area (Å²) in [6.07, 6.45) is 2.37. The molecule has 122 valence electrons. The molecule has 4 N–H and O–H groups in total. The molecule has 3 rings (SSSR count). The van der Waals surface area contributed by atoms with Crippen molar-refractivity contribution >= 4 is 34.9 Å². The Balaban J connectivity index is 1.51. The van der Waals surface area contributed by atoms with Crippen molar-refractivity contribution < 1.29 is 4.79 Å². The lowest BCUT2D eigenvalue weighted by atomic mass is 10.1. The van der Waals surface area contributed by atoms with E-state index in [9.17, 15) is 4.79 Å². The number of carbonyl (C=O) groups excluding carboxylic acids is 1. The first-order chi connectivity index (χ1) is 11.1. The second-order valence-electron chi connectivity index (χ2n) is 5.12. The fraction of sp³-hybridized carbons (Fsp3) is 0.357. The minimum atomic E-state index is -0.192. The Hall–Kier alpha value is -1.83. The van der Waals surface area contributed by atoms with Crippen molar-refractivity contribution in [3.05, 3.63) is 39.3 Å². The van der Waals surface area contributed by atoms with Gasteiger partial charge in [0.1, 0.15) is 5.82 Å². The van der Waals surface area contributed by atoms with Crippen molar-refractivity contribution in [2.24, 2.45) is 0 Å². The van der Waals surface area contributed by atoms with Gasteiger partial charge in [-0.2, -0.15) is 5.10 Å². The standard InChI is InChI=1S/C14H16Cl2N6O/c15-8-5-10(16)13(20-6-8)18-3-4-19-14(23)12-9-7-17-2-1-11(9)21-22-12/h5-6,17H,1-4,7H2,(H,18,20)(H,19,23)(H,21,22). The zero-order chi connectivity index (χ0) is 16.2. The number of aromatic amines is 1. The van der Waals surface area contributed by atoms with E-state index in [-0.39, 0.29) is 5.91 Å². The molecule has 7 nitrogen and oxygen atoms in total. The van der Waals surface area contributed by atoms with E-state index in [1.807, 2.05) is 0 Å². The van der Waals surface area contributed by atoms with Crippen LogP contribution in [0.1, 0.15) is 21.7 Å².